The van der Waals surface area contributed by atoms with Gasteiger partial charge in [0.05, 0.1) is 0 Å². The maximum absolute atomic E-state index is 4.58. The molecule has 0 aromatic carbocycles. The van der Waals surface area contributed by atoms with Gasteiger partial charge >= 0.3 is 0 Å². The van der Waals surface area contributed by atoms with Crippen molar-refractivity contribution in [2.75, 3.05) is 24.5 Å². The van der Waals surface area contributed by atoms with Crippen molar-refractivity contribution >= 4 is 5.82 Å². The average Bonchev–Trinajstić information content (AvgIpc) is 2.63. The van der Waals surface area contributed by atoms with E-state index in [1.165, 1.54) is 36.3 Å². The van der Waals surface area contributed by atoms with Crippen LogP contribution >= 0.6 is 0 Å². The molecule has 18 heavy (non-hydrogen) atoms. The lowest BCUT2D eigenvalue weighted by Gasteiger charge is -2.34. The largest absolute Gasteiger partial charge is 0.353 e. The molecule has 1 aliphatic heterocycles. The summed E-state index contributed by atoms with van der Waals surface area (Å²) in [5, 5.41) is 3.49. The van der Waals surface area contributed by atoms with Crippen LogP contribution in [0.3, 0.4) is 0 Å². The van der Waals surface area contributed by atoms with Crippen LogP contribution < -0.4 is 10.2 Å². The number of piperazine rings is 1. The average molecular weight is 246 g/mol. The summed E-state index contributed by atoms with van der Waals surface area (Å²) in [6.45, 7) is 5.42. The fourth-order valence-electron chi connectivity index (χ4n) is 3.08. The van der Waals surface area contributed by atoms with Gasteiger partial charge in [0.2, 0.25) is 0 Å². The van der Waals surface area contributed by atoms with E-state index in [-0.39, 0.29) is 0 Å². The Labute approximate surface area is 109 Å². The second-order valence-electron chi connectivity index (χ2n) is 5.48. The Balaban J connectivity index is 1.91. The number of aryl methyl sites for hydroxylation is 1. The van der Waals surface area contributed by atoms with Gasteiger partial charge in [0, 0.05) is 36.9 Å². The van der Waals surface area contributed by atoms with Crippen molar-refractivity contribution in [3.05, 3.63) is 17.6 Å². The van der Waals surface area contributed by atoms with Crippen molar-refractivity contribution in [1.29, 1.82) is 0 Å². The van der Waals surface area contributed by atoms with Crippen molar-refractivity contribution in [3.63, 3.8) is 0 Å². The quantitative estimate of drug-likeness (QED) is 0.763. The van der Waals surface area contributed by atoms with Gasteiger partial charge in [-0.25, -0.2) is 9.97 Å². The van der Waals surface area contributed by atoms with Crippen molar-refractivity contribution in [1.82, 2.24) is 15.3 Å². The molecule has 1 atom stereocenters. The molecule has 0 unspecified atom stereocenters. The SMILES string of the molecule is C[C@H]1CN(c2ncnc3c2CCCCC3)CCN1. The zero-order valence-electron chi connectivity index (χ0n) is 11.2. The molecule has 1 N–H and O–H groups in total. The summed E-state index contributed by atoms with van der Waals surface area (Å²) < 4.78 is 0. The van der Waals surface area contributed by atoms with Gasteiger partial charge < -0.3 is 10.2 Å². The lowest BCUT2D eigenvalue weighted by Crippen LogP contribution is -2.49. The number of nitrogens with zero attached hydrogens (tertiary/aromatic N) is 3. The molecule has 1 fully saturated rings. The van der Waals surface area contributed by atoms with Gasteiger partial charge in [-0.3, -0.25) is 0 Å². The van der Waals surface area contributed by atoms with Crippen LogP contribution in [0, 0.1) is 0 Å². The number of hydrogen-bond donors (Lipinski definition) is 1. The number of aromatic nitrogens is 2. The molecule has 1 aromatic rings. The lowest BCUT2D eigenvalue weighted by molar-refractivity contribution is 0.481. The Hall–Kier alpha value is -1.16. The summed E-state index contributed by atoms with van der Waals surface area (Å²) in [5.41, 5.74) is 2.72. The van der Waals surface area contributed by atoms with Gasteiger partial charge in [0.1, 0.15) is 12.1 Å². The van der Waals surface area contributed by atoms with E-state index in [1.807, 2.05) is 0 Å². The monoisotopic (exact) mass is 246 g/mol. The molecule has 0 radical (unpaired) electrons. The normalized spacial score (nSPS) is 24.5. The second kappa shape index (κ2) is 5.22. The van der Waals surface area contributed by atoms with E-state index in [0.717, 1.165) is 32.5 Å². The van der Waals surface area contributed by atoms with E-state index in [2.05, 4.69) is 27.1 Å². The molecule has 0 spiro atoms. The topological polar surface area (TPSA) is 41.1 Å². The first-order chi connectivity index (χ1) is 8.84. The fourth-order valence-corrected chi connectivity index (χ4v) is 3.08. The van der Waals surface area contributed by atoms with Crippen LogP contribution in [-0.4, -0.2) is 35.6 Å². The number of nitrogens with one attached hydrogen (secondary N) is 1. The molecule has 4 nitrogen and oxygen atoms in total. The number of anilines is 1. The van der Waals surface area contributed by atoms with E-state index < -0.39 is 0 Å². The van der Waals surface area contributed by atoms with Gasteiger partial charge in [-0.1, -0.05) is 6.42 Å². The van der Waals surface area contributed by atoms with E-state index in [9.17, 15) is 0 Å². The highest BCUT2D eigenvalue weighted by molar-refractivity contribution is 5.49. The Morgan fingerprint density at radius 3 is 3.00 bits per heavy atom. The van der Waals surface area contributed by atoms with Gasteiger partial charge in [0.15, 0.2) is 0 Å². The van der Waals surface area contributed by atoms with Gasteiger partial charge in [-0.05, 0) is 32.6 Å². The van der Waals surface area contributed by atoms with Crippen LogP contribution in [0.4, 0.5) is 5.82 Å². The highest BCUT2D eigenvalue weighted by atomic mass is 15.2. The first-order valence-electron chi connectivity index (χ1n) is 7.15. The van der Waals surface area contributed by atoms with Crippen LogP contribution in [0.15, 0.2) is 6.33 Å². The maximum atomic E-state index is 4.58. The summed E-state index contributed by atoms with van der Waals surface area (Å²) in [5.74, 6) is 1.20. The van der Waals surface area contributed by atoms with E-state index >= 15 is 0 Å². The zero-order chi connectivity index (χ0) is 12.4. The van der Waals surface area contributed by atoms with Crippen LogP contribution in [0.5, 0.6) is 0 Å². The standard InChI is InChI=1S/C14H22N4/c1-11-9-18(8-7-15-11)14-12-5-3-2-4-6-13(12)16-10-17-14/h10-11,15H,2-9H2,1H3/t11-/m0/s1. The Kier molecular flexibility index (Phi) is 3.46. The summed E-state index contributed by atoms with van der Waals surface area (Å²) >= 11 is 0. The molecule has 3 rings (SSSR count). The molecule has 98 valence electrons. The first kappa shape index (κ1) is 11.9. The highest BCUT2D eigenvalue weighted by Crippen LogP contribution is 2.26. The van der Waals surface area contributed by atoms with Crippen LogP contribution in [0.25, 0.3) is 0 Å². The van der Waals surface area contributed by atoms with Crippen molar-refractivity contribution in [2.24, 2.45) is 0 Å². The number of fused-ring (bicyclic) bond motifs is 1. The Morgan fingerprint density at radius 1 is 1.22 bits per heavy atom. The van der Waals surface area contributed by atoms with Crippen molar-refractivity contribution < 1.29 is 0 Å². The molecule has 0 bridgehead atoms. The molecule has 2 aliphatic rings. The Bertz CT molecular complexity index is 418. The van der Waals surface area contributed by atoms with Crippen LogP contribution in [0.2, 0.25) is 0 Å². The van der Waals surface area contributed by atoms with Gasteiger partial charge in [-0.15, -0.1) is 0 Å². The third-order valence-electron chi connectivity index (χ3n) is 4.02. The fraction of sp³-hybridized carbons (Fsp3) is 0.714. The van der Waals surface area contributed by atoms with Crippen molar-refractivity contribution in [3.8, 4) is 0 Å². The summed E-state index contributed by atoms with van der Waals surface area (Å²) in [6.07, 6.45) is 7.94. The first-order valence-corrected chi connectivity index (χ1v) is 7.15. The number of rotatable bonds is 1. The van der Waals surface area contributed by atoms with Crippen molar-refractivity contribution in [2.45, 2.75) is 45.1 Å². The molecule has 1 aromatic heterocycles. The molecule has 0 saturated carbocycles. The predicted octanol–water partition coefficient (Wildman–Crippen LogP) is 1.54. The summed E-state index contributed by atoms with van der Waals surface area (Å²) in [7, 11) is 0. The molecule has 1 aliphatic carbocycles. The predicted molar refractivity (Wildman–Crippen MR) is 73.0 cm³/mol. The third kappa shape index (κ3) is 2.34. The zero-order valence-corrected chi connectivity index (χ0v) is 11.2. The van der Waals surface area contributed by atoms with E-state index in [0.29, 0.717) is 6.04 Å². The van der Waals surface area contributed by atoms with Gasteiger partial charge in [-0.2, -0.15) is 0 Å². The van der Waals surface area contributed by atoms with E-state index in [1.54, 1.807) is 6.33 Å². The minimum Gasteiger partial charge on any atom is -0.353 e. The lowest BCUT2D eigenvalue weighted by atomic mass is 10.1. The minimum absolute atomic E-state index is 0.551. The van der Waals surface area contributed by atoms with Crippen LogP contribution in [0.1, 0.15) is 37.4 Å². The second-order valence-corrected chi connectivity index (χ2v) is 5.48. The molecule has 1 saturated heterocycles. The minimum atomic E-state index is 0.551. The molecule has 4 heteroatoms. The highest BCUT2D eigenvalue weighted by Gasteiger charge is 2.22. The maximum Gasteiger partial charge on any atom is 0.135 e. The third-order valence-corrected chi connectivity index (χ3v) is 4.02. The number of hydrogen-bond acceptors (Lipinski definition) is 4. The summed E-state index contributed by atoms with van der Waals surface area (Å²) in [4.78, 5) is 11.5. The molecule has 2 heterocycles. The molecular weight excluding hydrogens is 224 g/mol. The van der Waals surface area contributed by atoms with E-state index in [4.69, 9.17) is 0 Å². The van der Waals surface area contributed by atoms with Gasteiger partial charge in [0.25, 0.3) is 0 Å². The molecule has 0 amide bonds. The van der Waals surface area contributed by atoms with Crippen LogP contribution in [-0.2, 0) is 12.8 Å². The summed E-state index contributed by atoms with van der Waals surface area (Å²) in [6, 6.07) is 0.551. The molecular formula is C14H22N4. The Morgan fingerprint density at radius 2 is 2.11 bits per heavy atom. The smallest absolute Gasteiger partial charge is 0.135 e.